The lowest BCUT2D eigenvalue weighted by atomic mass is 9.77. The summed E-state index contributed by atoms with van der Waals surface area (Å²) >= 11 is 6.13. The minimum Gasteiger partial charge on any atom is -0.316 e. The van der Waals surface area contributed by atoms with Crippen molar-refractivity contribution < 1.29 is 0 Å². The van der Waals surface area contributed by atoms with Gasteiger partial charge in [-0.2, -0.15) is 0 Å². The highest BCUT2D eigenvalue weighted by Gasteiger charge is 2.25. The molecule has 0 bridgehead atoms. The molecule has 1 atom stereocenters. The van der Waals surface area contributed by atoms with Crippen LogP contribution in [0.15, 0.2) is 24.3 Å². The third kappa shape index (κ3) is 2.73. The highest BCUT2D eigenvalue weighted by atomic mass is 35.5. The second kappa shape index (κ2) is 5.63. The van der Waals surface area contributed by atoms with E-state index >= 15 is 0 Å². The van der Waals surface area contributed by atoms with Gasteiger partial charge in [-0.25, -0.2) is 0 Å². The van der Waals surface area contributed by atoms with E-state index in [1.807, 2.05) is 0 Å². The number of hydrogen-bond acceptors (Lipinski definition) is 1. The zero-order valence-corrected chi connectivity index (χ0v) is 11.6. The fourth-order valence-electron chi connectivity index (χ4n) is 3.33. The molecule has 1 saturated carbocycles. The minimum atomic E-state index is 0.444. The highest BCUT2D eigenvalue weighted by Crippen LogP contribution is 2.34. The number of nitrogens with one attached hydrogen (secondary N) is 1. The summed E-state index contributed by atoms with van der Waals surface area (Å²) in [4.78, 5) is 0. The standard InChI is InChI=1S/C16H22ClN/c17-15-7-5-12(6-8-15)10-18-11-14-9-13-3-1-2-4-16(13)14/h1-4,12,14-15,18H,5-11H2. The minimum absolute atomic E-state index is 0.444. The van der Waals surface area contributed by atoms with Crippen molar-refractivity contribution in [2.75, 3.05) is 13.1 Å². The smallest absolute Gasteiger partial charge is 0.0336 e. The van der Waals surface area contributed by atoms with Gasteiger partial charge in [0, 0.05) is 17.8 Å². The van der Waals surface area contributed by atoms with Gasteiger partial charge in [0.05, 0.1) is 0 Å². The Hall–Kier alpha value is -0.530. The van der Waals surface area contributed by atoms with Crippen LogP contribution in [0.5, 0.6) is 0 Å². The number of rotatable bonds is 4. The number of hydrogen-bond donors (Lipinski definition) is 1. The molecule has 2 heteroatoms. The molecule has 2 aliphatic rings. The van der Waals surface area contributed by atoms with Gasteiger partial charge in [-0.15, -0.1) is 11.6 Å². The lowest BCUT2D eigenvalue weighted by molar-refractivity contribution is 0.340. The van der Waals surface area contributed by atoms with E-state index in [1.165, 1.54) is 38.6 Å². The summed E-state index contributed by atoms with van der Waals surface area (Å²) in [6.07, 6.45) is 6.29. The van der Waals surface area contributed by atoms with Crippen LogP contribution in [0.25, 0.3) is 0 Å². The number of halogens is 1. The normalized spacial score (nSPS) is 30.6. The van der Waals surface area contributed by atoms with Crippen LogP contribution < -0.4 is 5.32 Å². The Kier molecular flexibility index (Phi) is 3.91. The second-order valence-electron chi connectivity index (χ2n) is 5.88. The number of benzene rings is 1. The van der Waals surface area contributed by atoms with Crippen LogP contribution in [0.3, 0.4) is 0 Å². The molecule has 1 aromatic rings. The first kappa shape index (κ1) is 12.5. The van der Waals surface area contributed by atoms with Crippen LogP contribution in [0.4, 0.5) is 0 Å². The van der Waals surface area contributed by atoms with E-state index in [4.69, 9.17) is 11.6 Å². The topological polar surface area (TPSA) is 12.0 Å². The summed E-state index contributed by atoms with van der Waals surface area (Å²) in [5.74, 6) is 1.61. The molecule has 0 saturated heterocycles. The Bertz CT molecular complexity index is 396. The first-order chi connectivity index (χ1) is 8.83. The van der Waals surface area contributed by atoms with Crippen LogP contribution >= 0.6 is 11.6 Å². The van der Waals surface area contributed by atoms with Gasteiger partial charge in [0.1, 0.15) is 0 Å². The Morgan fingerprint density at radius 3 is 2.61 bits per heavy atom. The zero-order valence-electron chi connectivity index (χ0n) is 10.9. The Morgan fingerprint density at radius 2 is 1.83 bits per heavy atom. The van der Waals surface area contributed by atoms with Gasteiger partial charge >= 0.3 is 0 Å². The van der Waals surface area contributed by atoms with Gasteiger partial charge in [0.15, 0.2) is 0 Å². The quantitative estimate of drug-likeness (QED) is 0.817. The maximum Gasteiger partial charge on any atom is 0.0336 e. The van der Waals surface area contributed by atoms with Crippen LogP contribution in [0, 0.1) is 5.92 Å². The van der Waals surface area contributed by atoms with E-state index in [9.17, 15) is 0 Å². The molecule has 1 N–H and O–H groups in total. The number of alkyl halides is 1. The first-order valence-corrected chi connectivity index (χ1v) is 7.69. The molecule has 0 heterocycles. The van der Waals surface area contributed by atoms with Crippen molar-refractivity contribution in [3.05, 3.63) is 35.4 Å². The zero-order chi connectivity index (χ0) is 12.4. The van der Waals surface area contributed by atoms with Crippen LogP contribution in [0.1, 0.15) is 42.7 Å². The van der Waals surface area contributed by atoms with Crippen molar-refractivity contribution >= 4 is 11.6 Å². The molecule has 0 spiro atoms. The van der Waals surface area contributed by atoms with Crippen LogP contribution in [-0.4, -0.2) is 18.5 Å². The van der Waals surface area contributed by atoms with Gasteiger partial charge in [0.2, 0.25) is 0 Å². The predicted molar refractivity (Wildman–Crippen MR) is 77.4 cm³/mol. The van der Waals surface area contributed by atoms with Crippen molar-refractivity contribution in [3.63, 3.8) is 0 Å². The molecule has 0 aromatic heterocycles. The van der Waals surface area contributed by atoms with E-state index in [0.29, 0.717) is 5.38 Å². The van der Waals surface area contributed by atoms with Gasteiger partial charge in [-0.1, -0.05) is 24.3 Å². The van der Waals surface area contributed by atoms with Gasteiger partial charge < -0.3 is 5.32 Å². The summed E-state index contributed by atoms with van der Waals surface area (Å²) in [7, 11) is 0. The average Bonchev–Trinajstić information content (AvgIpc) is 2.37. The van der Waals surface area contributed by atoms with Gasteiger partial charge in [-0.05, 0) is 55.7 Å². The predicted octanol–water partition coefficient (Wildman–Crippen LogP) is 3.71. The Labute approximate surface area is 115 Å². The average molecular weight is 264 g/mol. The lowest BCUT2D eigenvalue weighted by Crippen LogP contribution is -2.33. The molecular weight excluding hydrogens is 242 g/mol. The van der Waals surface area contributed by atoms with Crippen LogP contribution in [-0.2, 0) is 6.42 Å². The summed E-state index contributed by atoms with van der Waals surface area (Å²) in [6, 6.07) is 8.84. The summed E-state index contributed by atoms with van der Waals surface area (Å²) in [6.45, 7) is 2.33. The van der Waals surface area contributed by atoms with Crippen molar-refractivity contribution in [2.45, 2.75) is 43.4 Å². The third-order valence-corrected chi connectivity index (χ3v) is 5.00. The van der Waals surface area contributed by atoms with Crippen molar-refractivity contribution in [3.8, 4) is 0 Å². The molecule has 1 nitrogen and oxygen atoms in total. The molecule has 1 aromatic carbocycles. The Balaban J connectivity index is 1.39. The maximum atomic E-state index is 6.13. The fourth-order valence-corrected chi connectivity index (χ4v) is 3.58. The molecule has 0 amide bonds. The molecule has 98 valence electrons. The molecule has 18 heavy (non-hydrogen) atoms. The molecular formula is C16H22ClN. The number of fused-ring (bicyclic) bond motifs is 1. The van der Waals surface area contributed by atoms with Crippen LogP contribution in [0.2, 0.25) is 0 Å². The second-order valence-corrected chi connectivity index (χ2v) is 6.49. The maximum absolute atomic E-state index is 6.13. The third-order valence-electron chi connectivity index (χ3n) is 4.56. The highest BCUT2D eigenvalue weighted by molar-refractivity contribution is 6.20. The molecule has 1 fully saturated rings. The summed E-state index contributed by atoms with van der Waals surface area (Å²) < 4.78 is 0. The first-order valence-electron chi connectivity index (χ1n) is 7.25. The molecule has 1 unspecified atom stereocenters. The molecule has 0 radical (unpaired) electrons. The fraction of sp³-hybridized carbons (Fsp3) is 0.625. The molecule has 2 aliphatic carbocycles. The lowest BCUT2D eigenvalue weighted by Gasteiger charge is -2.31. The molecule has 0 aliphatic heterocycles. The van der Waals surface area contributed by atoms with Crippen molar-refractivity contribution in [2.24, 2.45) is 5.92 Å². The molecule has 3 rings (SSSR count). The van der Waals surface area contributed by atoms with E-state index < -0.39 is 0 Å². The summed E-state index contributed by atoms with van der Waals surface area (Å²) in [5.41, 5.74) is 3.11. The van der Waals surface area contributed by atoms with E-state index in [1.54, 1.807) is 11.1 Å². The monoisotopic (exact) mass is 263 g/mol. The SMILES string of the molecule is ClC1CCC(CNCC2Cc3ccccc32)CC1. The largest absolute Gasteiger partial charge is 0.316 e. The van der Waals surface area contributed by atoms with E-state index in [-0.39, 0.29) is 0 Å². The van der Waals surface area contributed by atoms with Gasteiger partial charge in [0.25, 0.3) is 0 Å². The van der Waals surface area contributed by atoms with Gasteiger partial charge in [-0.3, -0.25) is 0 Å². The van der Waals surface area contributed by atoms with Crippen molar-refractivity contribution in [1.82, 2.24) is 5.32 Å². The Morgan fingerprint density at radius 1 is 1.06 bits per heavy atom. The van der Waals surface area contributed by atoms with Crippen molar-refractivity contribution in [1.29, 1.82) is 0 Å². The summed E-state index contributed by atoms with van der Waals surface area (Å²) in [5, 5.41) is 4.11. The van der Waals surface area contributed by atoms with E-state index in [0.717, 1.165) is 18.4 Å². The van der Waals surface area contributed by atoms with E-state index in [2.05, 4.69) is 29.6 Å².